The number of pyridine rings is 1. The highest BCUT2D eigenvalue weighted by Crippen LogP contribution is 1.94. The first-order valence-corrected chi connectivity index (χ1v) is 6.25. The summed E-state index contributed by atoms with van der Waals surface area (Å²) in [7, 11) is 0. The molecule has 3 nitrogen and oxygen atoms in total. The molecule has 0 spiro atoms. The predicted octanol–water partition coefficient (Wildman–Crippen LogP) is 1.80. The van der Waals surface area contributed by atoms with E-state index in [1.54, 1.807) is 16.7 Å². The second-order valence-electron chi connectivity index (χ2n) is 3.76. The molecule has 1 rings (SSSR count). The van der Waals surface area contributed by atoms with Gasteiger partial charge in [0.05, 0.1) is 0 Å². The molecule has 90 valence electrons. The molecule has 0 bridgehead atoms. The third kappa shape index (κ3) is 4.37. The first-order chi connectivity index (χ1) is 7.77. The van der Waals surface area contributed by atoms with Crippen LogP contribution in [-0.2, 0) is 6.54 Å². The molecule has 0 amide bonds. The molecule has 16 heavy (non-hydrogen) atoms. The van der Waals surface area contributed by atoms with E-state index in [-0.39, 0.29) is 5.56 Å². The Labute approximate surface area is 102 Å². The van der Waals surface area contributed by atoms with E-state index in [1.807, 2.05) is 12.3 Å². The summed E-state index contributed by atoms with van der Waals surface area (Å²) in [6, 6.07) is 5.24. The fraction of sp³-hybridized carbons (Fsp3) is 0.583. The van der Waals surface area contributed by atoms with Gasteiger partial charge in [-0.25, -0.2) is 0 Å². The molecule has 4 heteroatoms. The molecule has 0 unspecified atom stereocenters. The fourth-order valence-corrected chi connectivity index (χ4v) is 1.90. The third-order valence-corrected chi connectivity index (χ3v) is 2.67. The van der Waals surface area contributed by atoms with Crippen LogP contribution in [0.2, 0.25) is 0 Å². The van der Waals surface area contributed by atoms with Crippen molar-refractivity contribution in [1.29, 1.82) is 0 Å². The van der Waals surface area contributed by atoms with Gasteiger partial charge in [0, 0.05) is 37.8 Å². The third-order valence-electron chi connectivity index (χ3n) is 2.50. The monoisotopic (exact) mass is 242 g/mol. The number of rotatable bonds is 7. The van der Waals surface area contributed by atoms with E-state index >= 15 is 0 Å². The van der Waals surface area contributed by atoms with E-state index in [4.69, 9.17) is 11.6 Å². The molecule has 0 saturated heterocycles. The largest absolute Gasteiger partial charge is 0.314 e. The van der Waals surface area contributed by atoms with Crippen molar-refractivity contribution in [2.75, 3.05) is 25.5 Å². The fourth-order valence-electron chi connectivity index (χ4n) is 1.67. The number of nitrogens with zero attached hydrogens (tertiary/aromatic N) is 2. The van der Waals surface area contributed by atoms with Crippen molar-refractivity contribution in [2.45, 2.75) is 19.9 Å². The van der Waals surface area contributed by atoms with Crippen LogP contribution in [0.25, 0.3) is 0 Å². The van der Waals surface area contributed by atoms with Crippen molar-refractivity contribution < 1.29 is 0 Å². The van der Waals surface area contributed by atoms with Crippen molar-refractivity contribution in [3.63, 3.8) is 0 Å². The molecule has 1 aromatic heterocycles. The predicted molar refractivity (Wildman–Crippen MR) is 68.2 cm³/mol. The van der Waals surface area contributed by atoms with E-state index in [0.717, 1.165) is 32.6 Å². The maximum absolute atomic E-state index is 11.5. The molecule has 0 aromatic carbocycles. The van der Waals surface area contributed by atoms with E-state index in [2.05, 4.69) is 11.8 Å². The van der Waals surface area contributed by atoms with Gasteiger partial charge in [-0.3, -0.25) is 4.79 Å². The summed E-state index contributed by atoms with van der Waals surface area (Å²) in [5.41, 5.74) is 0.0600. The highest BCUT2D eigenvalue weighted by molar-refractivity contribution is 6.18. The molecule has 0 saturated carbocycles. The second kappa shape index (κ2) is 7.47. The molecule has 0 aliphatic carbocycles. The SMILES string of the molecule is CCCN(CCCl)CCn1ccccc1=O. The second-order valence-corrected chi connectivity index (χ2v) is 4.14. The number of alkyl halides is 1. The Hall–Kier alpha value is -0.800. The minimum absolute atomic E-state index is 0.0600. The van der Waals surface area contributed by atoms with Gasteiger partial charge in [-0.2, -0.15) is 0 Å². The summed E-state index contributed by atoms with van der Waals surface area (Å²) < 4.78 is 1.73. The molecule has 1 heterocycles. The molecule has 0 atom stereocenters. The van der Waals surface area contributed by atoms with Crippen LogP contribution < -0.4 is 5.56 Å². The van der Waals surface area contributed by atoms with Gasteiger partial charge in [0.25, 0.3) is 5.56 Å². The van der Waals surface area contributed by atoms with Crippen molar-refractivity contribution in [3.05, 3.63) is 34.7 Å². The van der Waals surface area contributed by atoms with Gasteiger partial charge < -0.3 is 9.47 Å². The quantitative estimate of drug-likeness (QED) is 0.682. The molecule has 0 aliphatic heterocycles. The highest BCUT2D eigenvalue weighted by atomic mass is 35.5. The maximum atomic E-state index is 11.5. The maximum Gasteiger partial charge on any atom is 0.250 e. The minimum Gasteiger partial charge on any atom is -0.314 e. The zero-order valence-corrected chi connectivity index (χ0v) is 10.5. The highest BCUT2D eigenvalue weighted by Gasteiger charge is 2.03. The Balaban J connectivity index is 2.48. The molecular formula is C12H19ClN2O. The average molecular weight is 243 g/mol. The Kier molecular flexibility index (Phi) is 6.19. The van der Waals surface area contributed by atoms with Crippen LogP contribution in [0.15, 0.2) is 29.2 Å². The van der Waals surface area contributed by atoms with E-state index in [9.17, 15) is 4.79 Å². The molecule has 0 N–H and O–H groups in total. The summed E-state index contributed by atoms with van der Waals surface area (Å²) in [5, 5.41) is 0. The van der Waals surface area contributed by atoms with Crippen LogP contribution in [0.4, 0.5) is 0 Å². The smallest absolute Gasteiger partial charge is 0.250 e. The number of hydrogen-bond acceptors (Lipinski definition) is 2. The first-order valence-electron chi connectivity index (χ1n) is 5.71. The molecule has 0 fully saturated rings. The van der Waals surface area contributed by atoms with Gasteiger partial charge in [-0.05, 0) is 19.0 Å². The van der Waals surface area contributed by atoms with E-state index in [0.29, 0.717) is 5.88 Å². The molecule has 0 aliphatic rings. The number of aromatic nitrogens is 1. The van der Waals surface area contributed by atoms with Crippen molar-refractivity contribution >= 4 is 11.6 Å². The van der Waals surface area contributed by atoms with Crippen LogP contribution in [-0.4, -0.2) is 35.0 Å². The standard InChI is InChI=1S/C12H19ClN2O/c1-2-7-14(9-6-13)10-11-15-8-4-3-5-12(15)16/h3-5,8H,2,6-7,9-11H2,1H3. The van der Waals surface area contributed by atoms with Crippen molar-refractivity contribution in [3.8, 4) is 0 Å². The summed E-state index contributed by atoms with van der Waals surface area (Å²) in [4.78, 5) is 13.8. The van der Waals surface area contributed by atoms with Crippen LogP contribution in [0.3, 0.4) is 0 Å². The zero-order chi connectivity index (χ0) is 11.8. The lowest BCUT2D eigenvalue weighted by molar-refractivity contribution is 0.277. The van der Waals surface area contributed by atoms with Gasteiger partial charge >= 0.3 is 0 Å². The normalized spacial score (nSPS) is 10.9. The summed E-state index contributed by atoms with van der Waals surface area (Å²) in [6.07, 6.45) is 2.94. The number of halogens is 1. The summed E-state index contributed by atoms with van der Waals surface area (Å²) in [5.74, 6) is 0.643. The lowest BCUT2D eigenvalue weighted by Crippen LogP contribution is -2.32. The molecular weight excluding hydrogens is 224 g/mol. The minimum atomic E-state index is 0.0600. The van der Waals surface area contributed by atoms with Crippen molar-refractivity contribution in [2.24, 2.45) is 0 Å². The molecule has 1 aromatic rings. The summed E-state index contributed by atoms with van der Waals surface area (Å²) >= 11 is 5.73. The average Bonchev–Trinajstić information content (AvgIpc) is 2.28. The van der Waals surface area contributed by atoms with Crippen molar-refractivity contribution in [1.82, 2.24) is 9.47 Å². The summed E-state index contributed by atoms with van der Waals surface area (Å²) in [6.45, 7) is 5.68. The van der Waals surface area contributed by atoms with E-state index in [1.165, 1.54) is 0 Å². The van der Waals surface area contributed by atoms with Crippen LogP contribution in [0.1, 0.15) is 13.3 Å². The zero-order valence-electron chi connectivity index (χ0n) is 9.73. The van der Waals surface area contributed by atoms with Crippen LogP contribution in [0.5, 0.6) is 0 Å². The topological polar surface area (TPSA) is 25.2 Å². The van der Waals surface area contributed by atoms with Crippen LogP contribution in [0, 0.1) is 0 Å². The number of hydrogen-bond donors (Lipinski definition) is 0. The Morgan fingerprint density at radius 1 is 1.31 bits per heavy atom. The van der Waals surface area contributed by atoms with Gasteiger partial charge in [-0.15, -0.1) is 11.6 Å². The van der Waals surface area contributed by atoms with E-state index < -0.39 is 0 Å². The van der Waals surface area contributed by atoms with Crippen LogP contribution >= 0.6 is 11.6 Å². The Morgan fingerprint density at radius 2 is 2.12 bits per heavy atom. The Morgan fingerprint density at radius 3 is 2.75 bits per heavy atom. The lowest BCUT2D eigenvalue weighted by Gasteiger charge is -2.20. The lowest BCUT2D eigenvalue weighted by atomic mass is 10.4. The Bertz CT molecular complexity index is 345. The van der Waals surface area contributed by atoms with Gasteiger partial charge in [0.2, 0.25) is 0 Å². The molecule has 0 radical (unpaired) electrons. The van der Waals surface area contributed by atoms with Gasteiger partial charge in [0.1, 0.15) is 0 Å². The first kappa shape index (κ1) is 13.3. The van der Waals surface area contributed by atoms with Gasteiger partial charge in [-0.1, -0.05) is 13.0 Å². The van der Waals surface area contributed by atoms with Gasteiger partial charge in [0.15, 0.2) is 0 Å².